The van der Waals surface area contributed by atoms with Crippen molar-refractivity contribution in [2.24, 2.45) is 5.73 Å². The van der Waals surface area contributed by atoms with Gasteiger partial charge in [0.2, 0.25) is 5.91 Å². The minimum atomic E-state index is -0.440. The molecular formula is C13H17BrN2O. The fraction of sp³-hybridized carbons (Fsp3) is 0.462. The molecule has 0 spiro atoms. The predicted molar refractivity (Wildman–Crippen MR) is 71.7 cm³/mol. The molecule has 0 radical (unpaired) electrons. The molecule has 4 heteroatoms. The van der Waals surface area contributed by atoms with Crippen molar-refractivity contribution in [3.05, 3.63) is 34.3 Å². The summed E-state index contributed by atoms with van der Waals surface area (Å²) in [5, 5.41) is 2.93. The van der Waals surface area contributed by atoms with Gasteiger partial charge in [0.15, 0.2) is 0 Å². The van der Waals surface area contributed by atoms with Crippen LogP contribution in [0.2, 0.25) is 0 Å². The van der Waals surface area contributed by atoms with Gasteiger partial charge in [-0.05, 0) is 31.4 Å². The number of benzene rings is 1. The number of carbonyl (C=O) groups excluding carboxylic acids is 1. The van der Waals surface area contributed by atoms with Gasteiger partial charge in [-0.1, -0.05) is 34.1 Å². The van der Waals surface area contributed by atoms with Crippen molar-refractivity contribution in [1.29, 1.82) is 0 Å². The standard InChI is InChI=1S/C13H17BrN2O/c1-9(15)12(17)16-8-13(6-7-13)10-4-2-3-5-11(10)14/h2-5,9H,6-8,15H2,1H3,(H,16,17)/t9-/m1/s1. The summed E-state index contributed by atoms with van der Waals surface area (Å²) >= 11 is 3.57. The summed E-state index contributed by atoms with van der Waals surface area (Å²) in [5.41, 5.74) is 6.93. The van der Waals surface area contributed by atoms with Crippen LogP contribution in [0.25, 0.3) is 0 Å². The van der Waals surface area contributed by atoms with Crippen molar-refractivity contribution in [1.82, 2.24) is 5.32 Å². The van der Waals surface area contributed by atoms with Crippen molar-refractivity contribution >= 4 is 21.8 Å². The van der Waals surface area contributed by atoms with Crippen LogP contribution in [-0.4, -0.2) is 18.5 Å². The van der Waals surface area contributed by atoms with E-state index in [9.17, 15) is 4.79 Å². The summed E-state index contributed by atoms with van der Waals surface area (Å²) in [5.74, 6) is -0.0803. The first-order chi connectivity index (χ1) is 8.05. The van der Waals surface area contributed by atoms with E-state index < -0.39 is 6.04 Å². The maximum atomic E-state index is 11.5. The average molecular weight is 297 g/mol. The predicted octanol–water partition coefficient (Wildman–Crippen LogP) is 1.94. The molecular weight excluding hydrogens is 280 g/mol. The van der Waals surface area contributed by atoms with E-state index in [1.54, 1.807) is 6.92 Å². The third kappa shape index (κ3) is 2.69. The van der Waals surface area contributed by atoms with Gasteiger partial charge in [-0.25, -0.2) is 0 Å². The molecule has 0 unspecified atom stereocenters. The Morgan fingerprint density at radius 2 is 2.18 bits per heavy atom. The number of nitrogens with two attached hydrogens (primary N) is 1. The lowest BCUT2D eigenvalue weighted by molar-refractivity contribution is -0.122. The zero-order chi connectivity index (χ0) is 12.5. The molecule has 1 amide bonds. The summed E-state index contributed by atoms with van der Waals surface area (Å²) in [6.45, 7) is 2.38. The Morgan fingerprint density at radius 3 is 2.71 bits per heavy atom. The first-order valence-corrected chi connectivity index (χ1v) is 6.63. The lowest BCUT2D eigenvalue weighted by Gasteiger charge is -2.18. The molecule has 0 bridgehead atoms. The number of hydrogen-bond acceptors (Lipinski definition) is 2. The molecule has 1 aliphatic carbocycles. The largest absolute Gasteiger partial charge is 0.354 e. The fourth-order valence-electron chi connectivity index (χ4n) is 2.00. The zero-order valence-corrected chi connectivity index (χ0v) is 11.5. The molecule has 1 atom stereocenters. The van der Waals surface area contributed by atoms with E-state index in [1.165, 1.54) is 5.56 Å². The topological polar surface area (TPSA) is 55.1 Å². The molecule has 0 heterocycles. The number of rotatable bonds is 4. The van der Waals surface area contributed by atoms with Crippen molar-refractivity contribution in [3.8, 4) is 0 Å². The Kier molecular flexibility index (Phi) is 3.54. The molecule has 0 aliphatic heterocycles. The first kappa shape index (κ1) is 12.6. The van der Waals surface area contributed by atoms with Gasteiger partial charge in [-0.15, -0.1) is 0 Å². The lowest BCUT2D eigenvalue weighted by atomic mass is 9.96. The van der Waals surface area contributed by atoms with Gasteiger partial charge in [0, 0.05) is 16.4 Å². The second-order valence-electron chi connectivity index (χ2n) is 4.77. The molecule has 1 fully saturated rings. The van der Waals surface area contributed by atoms with E-state index >= 15 is 0 Å². The van der Waals surface area contributed by atoms with Crippen molar-refractivity contribution in [2.45, 2.75) is 31.2 Å². The van der Waals surface area contributed by atoms with Crippen LogP contribution in [0.15, 0.2) is 28.7 Å². The van der Waals surface area contributed by atoms with Gasteiger partial charge < -0.3 is 11.1 Å². The number of amides is 1. The van der Waals surface area contributed by atoms with Gasteiger partial charge in [-0.2, -0.15) is 0 Å². The molecule has 1 aromatic carbocycles. The van der Waals surface area contributed by atoms with Crippen molar-refractivity contribution in [2.75, 3.05) is 6.54 Å². The van der Waals surface area contributed by atoms with Crippen LogP contribution in [0.3, 0.4) is 0 Å². The minimum absolute atomic E-state index is 0.0803. The van der Waals surface area contributed by atoms with E-state index in [0.717, 1.165) is 17.3 Å². The molecule has 17 heavy (non-hydrogen) atoms. The van der Waals surface area contributed by atoms with E-state index in [1.807, 2.05) is 18.2 Å². The summed E-state index contributed by atoms with van der Waals surface area (Å²) < 4.78 is 1.12. The second-order valence-corrected chi connectivity index (χ2v) is 5.62. The highest BCUT2D eigenvalue weighted by Gasteiger charge is 2.45. The SMILES string of the molecule is C[C@@H](N)C(=O)NCC1(c2ccccc2Br)CC1. The highest BCUT2D eigenvalue weighted by molar-refractivity contribution is 9.10. The quantitative estimate of drug-likeness (QED) is 0.892. The summed E-state index contributed by atoms with van der Waals surface area (Å²) in [7, 11) is 0. The average Bonchev–Trinajstić information content (AvgIpc) is 3.07. The Bertz CT molecular complexity index is 427. The van der Waals surface area contributed by atoms with E-state index in [-0.39, 0.29) is 11.3 Å². The summed E-state index contributed by atoms with van der Waals surface area (Å²) in [6, 6.07) is 7.76. The first-order valence-electron chi connectivity index (χ1n) is 5.83. The van der Waals surface area contributed by atoms with Gasteiger partial charge in [0.1, 0.15) is 0 Å². The third-order valence-electron chi connectivity index (χ3n) is 3.31. The van der Waals surface area contributed by atoms with Crippen LogP contribution in [0.1, 0.15) is 25.3 Å². The van der Waals surface area contributed by atoms with Crippen LogP contribution >= 0.6 is 15.9 Å². The van der Waals surface area contributed by atoms with Gasteiger partial charge in [0.25, 0.3) is 0 Å². The number of nitrogens with one attached hydrogen (secondary N) is 1. The Hall–Kier alpha value is -0.870. The molecule has 2 rings (SSSR count). The molecule has 0 aromatic heterocycles. The maximum absolute atomic E-state index is 11.5. The van der Waals surface area contributed by atoms with E-state index in [2.05, 4.69) is 27.3 Å². The fourth-order valence-corrected chi connectivity index (χ4v) is 2.71. The van der Waals surface area contributed by atoms with Crippen LogP contribution in [-0.2, 0) is 10.2 Å². The Morgan fingerprint density at radius 1 is 1.53 bits per heavy atom. The molecule has 3 N–H and O–H groups in total. The van der Waals surface area contributed by atoms with Gasteiger partial charge >= 0.3 is 0 Å². The molecule has 1 aliphatic rings. The highest BCUT2D eigenvalue weighted by Crippen LogP contribution is 2.49. The zero-order valence-electron chi connectivity index (χ0n) is 9.87. The highest BCUT2D eigenvalue weighted by atomic mass is 79.9. The summed E-state index contributed by atoms with van der Waals surface area (Å²) in [4.78, 5) is 11.5. The van der Waals surface area contributed by atoms with E-state index in [0.29, 0.717) is 6.54 Å². The number of carbonyl (C=O) groups is 1. The van der Waals surface area contributed by atoms with Crippen LogP contribution in [0, 0.1) is 0 Å². The third-order valence-corrected chi connectivity index (χ3v) is 4.00. The molecule has 92 valence electrons. The lowest BCUT2D eigenvalue weighted by Crippen LogP contribution is -2.41. The number of halogens is 1. The molecule has 1 aromatic rings. The van der Waals surface area contributed by atoms with Crippen LogP contribution < -0.4 is 11.1 Å². The van der Waals surface area contributed by atoms with Gasteiger partial charge in [0.05, 0.1) is 6.04 Å². The van der Waals surface area contributed by atoms with E-state index in [4.69, 9.17) is 5.73 Å². The maximum Gasteiger partial charge on any atom is 0.236 e. The Labute approximate surface area is 110 Å². The van der Waals surface area contributed by atoms with Crippen LogP contribution in [0.5, 0.6) is 0 Å². The minimum Gasteiger partial charge on any atom is -0.354 e. The molecule has 0 saturated heterocycles. The van der Waals surface area contributed by atoms with Crippen LogP contribution in [0.4, 0.5) is 0 Å². The normalized spacial score (nSPS) is 18.5. The molecule has 3 nitrogen and oxygen atoms in total. The summed E-state index contributed by atoms with van der Waals surface area (Å²) in [6.07, 6.45) is 2.24. The smallest absolute Gasteiger partial charge is 0.236 e. The van der Waals surface area contributed by atoms with Crippen molar-refractivity contribution in [3.63, 3.8) is 0 Å². The Balaban J connectivity index is 2.06. The number of hydrogen-bond donors (Lipinski definition) is 2. The monoisotopic (exact) mass is 296 g/mol. The van der Waals surface area contributed by atoms with Gasteiger partial charge in [-0.3, -0.25) is 4.79 Å². The second kappa shape index (κ2) is 4.78. The molecule has 1 saturated carbocycles. The van der Waals surface area contributed by atoms with Crippen molar-refractivity contribution < 1.29 is 4.79 Å².